The zero-order chi connectivity index (χ0) is 17.0. The Morgan fingerprint density at radius 2 is 2.13 bits per heavy atom. The maximum atomic E-state index is 12.3. The molecule has 0 N–H and O–H groups in total. The highest BCUT2D eigenvalue weighted by atomic mass is 16.6. The van der Waals surface area contributed by atoms with Crippen LogP contribution in [0.15, 0.2) is 18.6 Å². The summed E-state index contributed by atoms with van der Waals surface area (Å²) in [6, 6.07) is -0.0320. The highest BCUT2D eigenvalue weighted by molar-refractivity contribution is 5.91. The summed E-state index contributed by atoms with van der Waals surface area (Å²) in [6.45, 7) is 6.65. The van der Waals surface area contributed by atoms with Gasteiger partial charge in [-0.15, -0.1) is 0 Å². The summed E-state index contributed by atoms with van der Waals surface area (Å²) in [5, 5.41) is 0. The molecule has 23 heavy (non-hydrogen) atoms. The second kappa shape index (κ2) is 6.93. The van der Waals surface area contributed by atoms with Gasteiger partial charge in [0.2, 0.25) is 0 Å². The van der Waals surface area contributed by atoms with Gasteiger partial charge >= 0.3 is 6.09 Å². The third-order valence-electron chi connectivity index (χ3n) is 3.62. The van der Waals surface area contributed by atoms with Gasteiger partial charge in [-0.2, -0.15) is 0 Å². The van der Waals surface area contributed by atoms with Crippen LogP contribution < -0.4 is 0 Å². The average molecular weight is 320 g/mol. The smallest absolute Gasteiger partial charge is 0.410 e. The van der Waals surface area contributed by atoms with Crippen molar-refractivity contribution in [1.82, 2.24) is 19.8 Å². The first kappa shape index (κ1) is 17.2. The lowest BCUT2D eigenvalue weighted by atomic mass is 10.2. The first-order valence-corrected chi connectivity index (χ1v) is 7.79. The number of rotatable bonds is 3. The van der Waals surface area contributed by atoms with Crippen molar-refractivity contribution in [2.24, 2.45) is 0 Å². The van der Waals surface area contributed by atoms with Gasteiger partial charge in [0, 0.05) is 32.5 Å². The number of likely N-dealkylation sites (tertiary alicyclic amines) is 1. The second-order valence-electron chi connectivity index (χ2n) is 6.75. The van der Waals surface area contributed by atoms with Crippen molar-refractivity contribution < 1.29 is 14.3 Å². The van der Waals surface area contributed by atoms with Gasteiger partial charge in [-0.25, -0.2) is 9.78 Å². The number of nitrogens with zero attached hydrogens (tertiary/aromatic N) is 4. The van der Waals surface area contributed by atoms with Crippen molar-refractivity contribution in [2.75, 3.05) is 20.1 Å². The quantitative estimate of drug-likeness (QED) is 0.851. The first-order valence-electron chi connectivity index (χ1n) is 7.79. The van der Waals surface area contributed by atoms with Crippen LogP contribution in [-0.2, 0) is 4.74 Å². The second-order valence-corrected chi connectivity index (χ2v) is 6.75. The van der Waals surface area contributed by atoms with E-state index in [-0.39, 0.29) is 18.0 Å². The molecule has 0 radical (unpaired) electrons. The van der Waals surface area contributed by atoms with Crippen molar-refractivity contribution >= 4 is 12.0 Å². The summed E-state index contributed by atoms with van der Waals surface area (Å²) in [5.74, 6) is -0.200. The van der Waals surface area contributed by atoms with Gasteiger partial charge in [-0.05, 0) is 33.6 Å². The van der Waals surface area contributed by atoms with E-state index < -0.39 is 5.60 Å². The van der Waals surface area contributed by atoms with Gasteiger partial charge < -0.3 is 14.5 Å². The number of ether oxygens (including phenoxy) is 1. The van der Waals surface area contributed by atoms with E-state index >= 15 is 0 Å². The Morgan fingerprint density at radius 3 is 2.74 bits per heavy atom. The molecular formula is C16H24N4O3. The lowest BCUT2D eigenvalue weighted by Gasteiger charge is -2.30. The number of likely N-dealkylation sites (N-methyl/N-ethyl adjacent to an activating group) is 1. The van der Waals surface area contributed by atoms with E-state index in [0.717, 1.165) is 12.8 Å². The Labute approximate surface area is 136 Å². The number of amides is 2. The fourth-order valence-electron chi connectivity index (χ4n) is 2.59. The summed E-state index contributed by atoms with van der Waals surface area (Å²) < 4.78 is 5.44. The summed E-state index contributed by atoms with van der Waals surface area (Å²) >= 11 is 0. The number of aromatic nitrogens is 2. The van der Waals surface area contributed by atoms with Gasteiger partial charge in [-0.3, -0.25) is 9.78 Å². The molecule has 0 bridgehead atoms. The summed E-state index contributed by atoms with van der Waals surface area (Å²) in [7, 11) is 1.71. The van der Waals surface area contributed by atoms with Gasteiger partial charge in [-0.1, -0.05) is 0 Å². The Kier molecular flexibility index (Phi) is 5.18. The van der Waals surface area contributed by atoms with Crippen LogP contribution in [0.3, 0.4) is 0 Å². The molecule has 0 spiro atoms. The molecule has 1 saturated heterocycles. The van der Waals surface area contributed by atoms with Gasteiger partial charge in [0.05, 0.1) is 12.2 Å². The molecular weight excluding hydrogens is 296 g/mol. The molecule has 1 aromatic rings. The molecule has 1 atom stereocenters. The summed E-state index contributed by atoms with van der Waals surface area (Å²) in [5.41, 5.74) is -0.220. The molecule has 0 unspecified atom stereocenters. The van der Waals surface area contributed by atoms with Crippen molar-refractivity contribution in [3.63, 3.8) is 0 Å². The van der Waals surface area contributed by atoms with E-state index in [1.54, 1.807) is 16.8 Å². The maximum absolute atomic E-state index is 12.3. The molecule has 1 fully saturated rings. The van der Waals surface area contributed by atoms with Gasteiger partial charge in [0.1, 0.15) is 11.3 Å². The Hall–Kier alpha value is -2.18. The van der Waals surface area contributed by atoms with Crippen molar-refractivity contribution in [1.29, 1.82) is 0 Å². The molecule has 2 rings (SSSR count). The maximum Gasteiger partial charge on any atom is 0.410 e. The molecule has 2 heterocycles. The fourth-order valence-corrected chi connectivity index (χ4v) is 2.59. The molecule has 1 aromatic heterocycles. The van der Waals surface area contributed by atoms with Crippen LogP contribution in [0.2, 0.25) is 0 Å². The normalized spacial score (nSPS) is 17.9. The van der Waals surface area contributed by atoms with Crippen LogP contribution in [0.5, 0.6) is 0 Å². The molecule has 0 aromatic carbocycles. The fraction of sp³-hybridized carbons (Fsp3) is 0.625. The Morgan fingerprint density at radius 1 is 1.39 bits per heavy atom. The van der Waals surface area contributed by atoms with Crippen LogP contribution in [0.25, 0.3) is 0 Å². The molecule has 1 aliphatic heterocycles. The van der Waals surface area contributed by atoms with E-state index in [4.69, 9.17) is 4.74 Å². The minimum absolute atomic E-state index is 0.0320. The van der Waals surface area contributed by atoms with Crippen LogP contribution in [0.4, 0.5) is 4.79 Å². The predicted octanol–water partition coefficient (Wildman–Crippen LogP) is 1.95. The van der Waals surface area contributed by atoms with Gasteiger partial charge in [0.25, 0.3) is 5.91 Å². The van der Waals surface area contributed by atoms with Crippen LogP contribution >= 0.6 is 0 Å². The van der Waals surface area contributed by atoms with Gasteiger partial charge in [0.15, 0.2) is 0 Å². The molecule has 126 valence electrons. The molecule has 2 amide bonds. The number of carbonyl (C=O) groups is 2. The van der Waals surface area contributed by atoms with Crippen LogP contribution in [0, 0.1) is 0 Å². The third kappa shape index (κ3) is 4.64. The lowest BCUT2D eigenvalue weighted by molar-refractivity contribution is 0.0199. The van der Waals surface area contributed by atoms with Crippen LogP contribution in [-0.4, -0.2) is 63.5 Å². The standard InChI is InChI=1S/C16H24N4O3/c1-16(2,3)23-15(22)20-9-5-6-12(20)11-19(4)14(21)13-10-17-7-8-18-13/h7-8,10,12H,5-6,9,11H2,1-4H3/t12-/m0/s1. The minimum atomic E-state index is -0.522. The average Bonchev–Trinajstić information content (AvgIpc) is 2.94. The van der Waals surface area contributed by atoms with E-state index in [1.165, 1.54) is 18.6 Å². The third-order valence-corrected chi connectivity index (χ3v) is 3.62. The number of carbonyl (C=O) groups excluding carboxylic acids is 2. The van der Waals surface area contributed by atoms with E-state index in [1.807, 2.05) is 20.8 Å². The van der Waals surface area contributed by atoms with Crippen molar-refractivity contribution in [3.05, 3.63) is 24.3 Å². The zero-order valence-electron chi connectivity index (χ0n) is 14.2. The first-order chi connectivity index (χ1) is 10.8. The molecule has 0 saturated carbocycles. The minimum Gasteiger partial charge on any atom is -0.444 e. The Balaban J connectivity index is 1.98. The zero-order valence-corrected chi connectivity index (χ0v) is 14.2. The van der Waals surface area contributed by atoms with E-state index in [9.17, 15) is 9.59 Å². The lowest BCUT2D eigenvalue weighted by Crippen LogP contribution is -2.45. The molecule has 1 aliphatic rings. The van der Waals surface area contributed by atoms with Crippen LogP contribution in [0.1, 0.15) is 44.1 Å². The van der Waals surface area contributed by atoms with Crippen molar-refractivity contribution in [3.8, 4) is 0 Å². The monoisotopic (exact) mass is 320 g/mol. The topological polar surface area (TPSA) is 75.6 Å². The summed E-state index contributed by atoms with van der Waals surface area (Å²) in [6.07, 6.45) is 5.91. The highest BCUT2D eigenvalue weighted by Gasteiger charge is 2.33. The number of hydrogen-bond donors (Lipinski definition) is 0. The van der Waals surface area contributed by atoms with E-state index in [0.29, 0.717) is 18.8 Å². The molecule has 0 aliphatic carbocycles. The van der Waals surface area contributed by atoms with Crippen molar-refractivity contribution in [2.45, 2.75) is 45.3 Å². The largest absolute Gasteiger partial charge is 0.444 e. The Bertz CT molecular complexity index is 556. The number of hydrogen-bond acceptors (Lipinski definition) is 5. The highest BCUT2D eigenvalue weighted by Crippen LogP contribution is 2.21. The SMILES string of the molecule is CN(C[C@@H]1CCCN1C(=O)OC(C)(C)C)C(=O)c1cnccn1. The molecule has 7 heteroatoms. The molecule has 7 nitrogen and oxygen atoms in total. The van der Waals surface area contributed by atoms with E-state index in [2.05, 4.69) is 9.97 Å². The summed E-state index contributed by atoms with van der Waals surface area (Å²) in [4.78, 5) is 35.8. The predicted molar refractivity (Wildman–Crippen MR) is 85.0 cm³/mol.